The van der Waals surface area contributed by atoms with Gasteiger partial charge in [-0.25, -0.2) is 9.37 Å². The molecule has 1 atom stereocenters. The second-order valence-corrected chi connectivity index (χ2v) is 8.50. The molecular weight excluding hydrogens is 455 g/mol. The lowest BCUT2D eigenvalue weighted by Crippen LogP contribution is -2.41. The summed E-state index contributed by atoms with van der Waals surface area (Å²) in [5.74, 6) is -1.25. The summed E-state index contributed by atoms with van der Waals surface area (Å²) in [5, 5.41) is 2.84. The van der Waals surface area contributed by atoms with Gasteiger partial charge in [0.05, 0.1) is 6.20 Å². The summed E-state index contributed by atoms with van der Waals surface area (Å²) in [6.45, 7) is 4.21. The molecule has 0 spiro atoms. The van der Waals surface area contributed by atoms with Crippen LogP contribution in [0.15, 0.2) is 91.4 Å². The van der Waals surface area contributed by atoms with Crippen LogP contribution in [0.5, 0.6) is 0 Å². The first-order valence-electron chi connectivity index (χ1n) is 11.7. The van der Waals surface area contributed by atoms with Gasteiger partial charge in [-0.15, -0.1) is 0 Å². The van der Waals surface area contributed by atoms with E-state index in [1.807, 2.05) is 55.5 Å². The first kappa shape index (κ1) is 24.7. The lowest BCUT2D eigenvalue weighted by Gasteiger charge is -2.31. The minimum atomic E-state index is -0.975. The van der Waals surface area contributed by atoms with Crippen molar-refractivity contribution in [2.45, 2.75) is 32.9 Å². The maximum absolute atomic E-state index is 13.7. The summed E-state index contributed by atoms with van der Waals surface area (Å²) in [4.78, 5) is 37.2. The van der Waals surface area contributed by atoms with Crippen molar-refractivity contribution in [3.8, 4) is 0 Å². The summed E-state index contributed by atoms with van der Waals surface area (Å²) in [7, 11) is 0. The molecule has 36 heavy (non-hydrogen) atoms. The van der Waals surface area contributed by atoms with Crippen molar-refractivity contribution in [2.24, 2.45) is 0 Å². The van der Waals surface area contributed by atoms with Crippen LogP contribution in [0.3, 0.4) is 0 Å². The zero-order valence-corrected chi connectivity index (χ0v) is 20.2. The lowest BCUT2D eigenvalue weighted by atomic mass is 10.00. The number of rotatable bonds is 8. The van der Waals surface area contributed by atoms with Gasteiger partial charge in [0.25, 0.3) is 11.8 Å². The molecule has 7 heteroatoms. The number of aromatic nitrogens is 2. The van der Waals surface area contributed by atoms with Gasteiger partial charge in [-0.05, 0) is 54.3 Å². The van der Waals surface area contributed by atoms with Gasteiger partial charge >= 0.3 is 0 Å². The van der Waals surface area contributed by atoms with Gasteiger partial charge in [-0.3, -0.25) is 14.6 Å². The molecule has 0 aliphatic rings. The fraction of sp³-hybridized carbons (Fsp3) is 0.172. The Morgan fingerprint density at radius 1 is 0.917 bits per heavy atom. The average Bonchev–Trinajstić information content (AvgIpc) is 2.91. The Hall–Kier alpha value is -4.39. The van der Waals surface area contributed by atoms with Crippen LogP contribution in [0.2, 0.25) is 0 Å². The predicted octanol–water partition coefficient (Wildman–Crippen LogP) is 5.51. The van der Waals surface area contributed by atoms with Gasteiger partial charge in [-0.1, -0.05) is 61.0 Å². The van der Waals surface area contributed by atoms with Crippen molar-refractivity contribution in [1.82, 2.24) is 14.9 Å². The van der Waals surface area contributed by atoms with E-state index in [4.69, 9.17) is 0 Å². The number of nitrogens with one attached hydrogen (secondary N) is 1. The molecular formula is C29H27FN4O2. The van der Waals surface area contributed by atoms with Crippen molar-refractivity contribution in [1.29, 1.82) is 0 Å². The number of halogens is 1. The quantitative estimate of drug-likeness (QED) is 0.359. The average molecular weight is 483 g/mol. The molecule has 1 N–H and O–H groups in total. The number of carbonyl (C=O) groups excluding carboxylic acids is 2. The van der Waals surface area contributed by atoms with E-state index in [0.29, 0.717) is 11.3 Å². The Morgan fingerprint density at radius 3 is 2.19 bits per heavy atom. The molecule has 0 radical (unpaired) electrons. The molecule has 0 saturated carbocycles. The largest absolute Gasteiger partial charge is 0.324 e. The van der Waals surface area contributed by atoms with Crippen molar-refractivity contribution >= 4 is 17.5 Å². The van der Waals surface area contributed by atoms with E-state index in [2.05, 4.69) is 22.2 Å². The number of amides is 2. The Balaban J connectivity index is 1.78. The molecule has 1 heterocycles. The molecule has 0 saturated heterocycles. The molecule has 182 valence electrons. The van der Waals surface area contributed by atoms with Crippen LogP contribution >= 0.6 is 0 Å². The third-order valence-corrected chi connectivity index (χ3v) is 5.89. The van der Waals surface area contributed by atoms with Crippen molar-refractivity contribution < 1.29 is 14.0 Å². The zero-order valence-electron chi connectivity index (χ0n) is 20.2. The molecule has 3 aromatic carbocycles. The third-order valence-electron chi connectivity index (χ3n) is 5.89. The summed E-state index contributed by atoms with van der Waals surface area (Å²) in [5.41, 5.74) is 4.28. The summed E-state index contributed by atoms with van der Waals surface area (Å²) in [6.07, 6.45) is 5.17. The highest BCUT2D eigenvalue weighted by atomic mass is 19.1. The van der Waals surface area contributed by atoms with Crippen LogP contribution in [0.1, 0.15) is 45.7 Å². The van der Waals surface area contributed by atoms with Gasteiger partial charge in [-0.2, -0.15) is 0 Å². The Morgan fingerprint density at radius 2 is 1.58 bits per heavy atom. The number of nitrogens with zero attached hydrogens (tertiary/aromatic N) is 3. The van der Waals surface area contributed by atoms with Crippen LogP contribution in [-0.4, -0.2) is 26.7 Å². The molecule has 6 nitrogen and oxygen atoms in total. The van der Waals surface area contributed by atoms with Crippen molar-refractivity contribution in [3.05, 3.63) is 125 Å². The standard InChI is InChI=1S/C29H27FN4O2/c1-3-21-8-10-23(11-9-21)27(28(35)33-25-14-12-24(30)13-15-25)34(19-22-6-4-20(2)5-7-22)29(36)26-18-31-16-17-32-26/h4-18,27H,3,19H2,1-2H3,(H,33,35)/t27-/m1/s1. The molecule has 0 unspecified atom stereocenters. The normalized spacial score (nSPS) is 11.5. The molecule has 1 aromatic heterocycles. The second kappa shape index (κ2) is 11.4. The van der Waals surface area contributed by atoms with E-state index in [1.165, 1.54) is 47.8 Å². The third kappa shape index (κ3) is 5.99. The predicted molar refractivity (Wildman–Crippen MR) is 137 cm³/mol. The monoisotopic (exact) mass is 482 g/mol. The number of aryl methyl sites for hydroxylation is 2. The zero-order chi connectivity index (χ0) is 25.5. The molecule has 0 fully saturated rings. The van der Waals surface area contributed by atoms with Crippen LogP contribution in [-0.2, 0) is 17.8 Å². The number of carbonyl (C=O) groups is 2. The van der Waals surface area contributed by atoms with Crippen molar-refractivity contribution in [3.63, 3.8) is 0 Å². The molecule has 2 amide bonds. The maximum Gasteiger partial charge on any atom is 0.275 e. The van der Waals surface area contributed by atoms with Crippen LogP contribution in [0, 0.1) is 12.7 Å². The highest BCUT2D eigenvalue weighted by Crippen LogP contribution is 2.27. The van der Waals surface area contributed by atoms with Crippen LogP contribution < -0.4 is 5.32 Å². The van der Waals surface area contributed by atoms with E-state index < -0.39 is 23.7 Å². The van der Waals surface area contributed by atoms with E-state index in [1.54, 1.807) is 0 Å². The van der Waals surface area contributed by atoms with Gasteiger partial charge in [0.15, 0.2) is 0 Å². The minimum Gasteiger partial charge on any atom is -0.324 e. The number of hydrogen-bond donors (Lipinski definition) is 1. The fourth-order valence-electron chi connectivity index (χ4n) is 3.88. The highest BCUT2D eigenvalue weighted by Gasteiger charge is 2.33. The van der Waals surface area contributed by atoms with E-state index >= 15 is 0 Å². The number of anilines is 1. The number of hydrogen-bond acceptors (Lipinski definition) is 4. The van der Waals surface area contributed by atoms with Gasteiger partial charge in [0, 0.05) is 24.6 Å². The molecule has 0 bridgehead atoms. The SMILES string of the molecule is CCc1ccc([C@H](C(=O)Nc2ccc(F)cc2)N(Cc2ccc(C)cc2)C(=O)c2cnccn2)cc1. The second-order valence-electron chi connectivity index (χ2n) is 8.50. The molecule has 0 aliphatic carbocycles. The lowest BCUT2D eigenvalue weighted by molar-refractivity contribution is -0.121. The van der Waals surface area contributed by atoms with Gasteiger partial charge in [0.1, 0.15) is 17.6 Å². The maximum atomic E-state index is 13.7. The number of benzene rings is 3. The first-order chi connectivity index (χ1) is 17.4. The first-order valence-corrected chi connectivity index (χ1v) is 11.7. The summed E-state index contributed by atoms with van der Waals surface area (Å²) in [6, 6.07) is 19.9. The Kier molecular flexibility index (Phi) is 7.80. The highest BCUT2D eigenvalue weighted by molar-refractivity contribution is 6.00. The van der Waals surface area contributed by atoms with Crippen LogP contribution in [0.4, 0.5) is 10.1 Å². The molecule has 0 aliphatic heterocycles. The van der Waals surface area contributed by atoms with E-state index in [-0.39, 0.29) is 12.2 Å². The summed E-state index contributed by atoms with van der Waals surface area (Å²) >= 11 is 0. The van der Waals surface area contributed by atoms with Crippen LogP contribution in [0.25, 0.3) is 0 Å². The summed E-state index contributed by atoms with van der Waals surface area (Å²) < 4.78 is 13.4. The van der Waals surface area contributed by atoms with E-state index in [9.17, 15) is 14.0 Å². The Bertz CT molecular complexity index is 1310. The molecule has 4 rings (SSSR count). The topological polar surface area (TPSA) is 75.2 Å². The smallest absolute Gasteiger partial charge is 0.275 e. The Labute approximate surface area is 209 Å². The van der Waals surface area contributed by atoms with Gasteiger partial charge < -0.3 is 10.2 Å². The molecule has 4 aromatic rings. The van der Waals surface area contributed by atoms with Crippen molar-refractivity contribution in [2.75, 3.05) is 5.32 Å². The fourth-order valence-corrected chi connectivity index (χ4v) is 3.88. The van der Waals surface area contributed by atoms with E-state index in [0.717, 1.165) is 23.1 Å². The van der Waals surface area contributed by atoms with Gasteiger partial charge in [0.2, 0.25) is 0 Å². The minimum absolute atomic E-state index is 0.134.